The molecule has 2 aliphatic heterocycles. The molecule has 3 nitrogen and oxygen atoms in total. The molecule has 0 N–H and O–H groups in total. The molecule has 17 heavy (non-hydrogen) atoms. The van der Waals surface area contributed by atoms with E-state index in [-0.39, 0.29) is 0 Å². The lowest BCUT2D eigenvalue weighted by Gasteiger charge is -2.41. The Morgan fingerprint density at radius 2 is 2.00 bits per heavy atom. The van der Waals surface area contributed by atoms with Crippen LogP contribution in [0.1, 0.15) is 26.2 Å². The van der Waals surface area contributed by atoms with Gasteiger partial charge in [-0.05, 0) is 38.6 Å². The van der Waals surface area contributed by atoms with Gasteiger partial charge in [0.2, 0.25) is 0 Å². The summed E-state index contributed by atoms with van der Waals surface area (Å²) in [6.45, 7) is 6.09. The van der Waals surface area contributed by atoms with Gasteiger partial charge >= 0.3 is 0 Å². The summed E-state index contributed by atoms with van der Waals surface area (Å²) in [5.41, 5.74) is 0.398. The van der Waals surface area contributed by atoms with Crippen LogP contribution in [-0.4, -0.2) is 55.8 Å². The zero-order chi connectivity index (χ0) is 12.3. The van der Waals surface area contributed by atoms with Crippen LogP contribution in [0.15, 0.2) is 0 Å². The fourth-order valence-electron chi connectivity index (χ4n) is 3.08. The molecule has 4 heteroatoms. The van der Waals surface area contributed by atoms with Gasteiger partial charge in [0.25, 0.3) is 0 Å². The van der Waals surface area contributed by atoms with E-state index < -0.39 is 0 Å². The molecule has 0 aliphatic carbocycles. The molecule has 2 unspecified atom stereocenters. The molecular formula is C13H24BrNO2. The number of rotatable bonds is 4. The lowest BCUT2D eigenvalue weighted by molar-refractivity contribution is -0.00109. The van der Waals surface area contributed by atoms with Crippen molar-refractivity contribution in [2.75, 3.05) is 38.7 Å². The van der Waals surface area contributed by atoms with E-state index in [1.807, 2.05) is 0 Å². The Bertz CT molecular complexity index is 244. The Morgan fingerprint density at radius 3 is 2.53 bits per heavy atom. The van der Waals surface area contributed by atoms with Crippen LogP contribution in [0.5, 0.6) is 0 Å². The van der Waals surface area contributed by atoms with Crippen LogP contribution >= 0.6 is 15.9 Å². The largest absolute Gasteiger partial charge is 0.381 e. The van der Waals surface area contributed by atoms with Crippen LogP contribution in [0.25, 0.3) is 0 Å². The van der Waals surface area contributed by atoms with Crippen molar-refractivity contribution in [2.45, 2.75) is 38.3 Å². The molecule has 2 atom stereocenters. The summed E-state index contributed by atoms with van der Waals surface area (Å²) in [5.74, 6) is 0. The second-order valence-corrected chi connectivity index (χ2v) is 6.15. The molecule has 100 valence electrons. The fraction of sp³-hybridized carbons (Fsp3) is 1.00. The van der Waals surface area contributed by atoms with E-state index in [1.54, 1.807) is 0 Å². The maximum atomic E-state index is 5.66. The molecule has 2 saturated heterocycles. The first-order chi connectivity index (χ1) is 8.17. The molecule has 2 rings (SSSR count). The van der Waals surface area contributed by atoms with E-state index in [0.717, 1.165) is 31.7 Å². The molecule has 0 amide bonds. The maximum absolute atomic E-state index is 5.66. The summed E-state index contributed by atoms with van der Waals surface area (Å²) < 4.78 is 11.2. The minimum atomic E-state index is 0.382. The van der Waals surface area contributed by atoms with Gasteiger partial charge in [-0.1, -0.05) is 15.9 Å². The summed E-state index contributed by atoms with van der Waals surface area (Å²) >= 11 is 3.71. The summed E-state index contributed by atoms with van der Waals surface area (Å²) in [6.07, 6.45) is 3.90. The molecule has 0 bridgehead atoms. The van der Waals surface area contributed by atoms with Crippen LogP contribution in [-0.2, 0) is 9.47 Å². The van der Waals surface area contributed by atoms with Gasteiger partial charge in [-0.2, -0.15) is 0 Å². The van der Waals surface area contributed by atoms with Crippen molar-refractivity contribution < 1.29 is 9.47 Å². The highest BCUT2D eigenvalue weighted by atomic mass is 79.9. The number of alkyl halides is 1. The topological polar surface area (TPSA) is 21.7 Å². The monoisotopic (exact) mass is 305 g/mol. The van der Waals surface area contributed by atoms with Crippen molar-refractivity contribution in [3.63, 3.8) is 0 Å². The number of ether oxygens (including phenoxy) is 2. The lowest BCUT2D eigenvalue weighted by Crippen LogP contribution is -2.46. The Kier molecular flexibility index (Phi) is 4.87. The van der Waals surface area contributed by atoms with Gasteiger partial charge in [0.05, 0.1) is 6.10 Å². The summed E-state index contributed by atoms with van der Waals surface area (Å²) in [7, 11) is 2.25. The van der Waals surface area contributed by atoms with Crippen LogP contribution in [0, 0.1) is 5.41 Å². The van der Waals surface area contributed by atoms with Crippen LogP contribution in [0.3, 0.4) is 0 Å². The molecule has 2 fully saturated rings. The van der Waals surface area contributed by atoms with E-state index in [4.69, 9.17) is 9.47 Å². The van der Waals surface area contributed by atoms with Crippen molar-refractivity contribution >= 4 is 15.9 Å². The third-order valence-electron chi connectivity index (χ3n) is 4.32. The normalized spacial score (nSPS) is 33.2. The highest BCUT2D eigenvalue weighted by molar-refractivity contribution is 9.09. The molecule has 0 saturated carbocycles. The van der Waals surface area contributed by atoms with Crippen molar-refractivity contribution in [3.8, 4) is 0 Å². The second-order valence-electron chi connectivity index (χ2n) is 5.59. The van der Waals surface area contributed by atoms with Gasteiger partial charge in [0.15, 0.2) is 0 Å². The molecule has 0 spiro atoms. The third-order valence-corrected chi connectivity index (χ3v) is 5.51. The van der Waals surface area contributed by atoms with Gasteiger partial charge in [-0.25, -0.2) is 0 Å². The molecule has 0 aromatic heterocycles. The summed E-state index contributed by atoms with van der Waals surface area (Å²) in [5, 5.41) is 1.08. The van der Waals surface area contributed by atoms with Gasteiger partial charge in [-0.3, -0.25) is 0 Å². The van der Waals surface area contributed by atoms with Crippen molar-refractivity contribution in [2.24, 2.45) is 5.41 Å². The van der Waals surface area contributed by atoms with Crippen molar-refractivity contribution in [1.29, 1.82) is 0 Å². The third kappa shape index (κ3) is 3.22. The minimum Gasteiger partial charge on any atom is -0.381 e. The Morgan fingerprint density at radius 1 is 1.29 bits per heavy atom. The first-order valence-corrected chi connectivity index (χ1v) is 7.75. The Labute approximate surface area is 113 Å². The van der Waals surface area contributed by atoms with Gasteiger partial charge in [0, 0.05) is 37.7 Å². The molecule has 0 aromatic rings. The first-order valence-electron chi connectivity index (χ1n) is 6.62. The molecule has 0 radical (unpaired) electrons. The fourth-order valence-corrected chi connectivity index (χ4v) is 3.82. The van der Waals surface area contributed by atoms with E-state index in [2.05, 4.69) is 34.8 Å². The van der Waals surface area contributed by atoms with E-state index in [1.165, 1.54) is 19.3 Å². The SMILES string of the molecule is CC1OCCC1N(C)CC1(CBr)CCOCC1. The number of hydrogen-bond donors (Lipinski definition) is 0. The molecule has 2 heterocycles. The Hall–Kier alpha value is 0.360. The summed E-state index contributed by atoms with van der Waals surface area (Å²) in [6, 6.07) is 0.591. The molecular weight excluding hydrogens is 282 g/mol. The van der Waals surface area contributed by atoms with E-state index >= 15 is 0 Å². The molecule has 0 aromatic carbocycles. The number of halogens is 1. The predicted octanol–water partition coefficient (Wildman–Crippen LogP) is 2.29. The van der Waals surface area contributed by atoms with Crippen LogP contribution in [0.2, 0.25) is 0 Å². The van der Waals surface area contributed by atoms with Gasteiger partial charge < -0.3 is 14.4 Å². The maximum Gasteiger partial charge on any atom is 0.0702 e. The minimum absolute atomic E-state index is 0.382. The first kappa shape index (κ1) is 13.8. The van der Waals surface area contributed by atoms with Crippen LogP contribution in [0.4, 0.5) is 0 Å². The van der Waals surface area contributed by atoms with E-state index in [9.17, 15) is 0 Å². The zero-order valence-electron chi connectivity index (χ0n) is 11.0. The second kappa shape index (κ2) is 6.00. The molecule has 2 aliphatic rings. The lowest BCUT2D eigenvalue weighted by atomic mass is 9.81. The van der Waals surface area contributed by atoms with Crippen molar-refractivity contribution in [3.05, 3.63) is 0 Å². The van der Waals surface area contributed by atoms with Crippen LogP contribution < -0.4 is 0 Å². The highest BCUT2D eigenvalue weighted by Crippen LogP contribution is 2.34. The van der Waals surface area contributed by atoms with E-state index in [0.29, 0.717) is 17.6 Å². The Balaban J connectivity index is 1.93. The average molecular weight is 306 g/mol. The number of likely N-dealkylation sites (N-methyl/N-ethyl adjacent to an activating group) is 1. The zero-order valence-corrected chi connectivity index (χ0v) is 12.5. The van der Waals surface area contributed by atoms with Gasteiger partial charge in [-0.15, -0.1) is 0 Å². The number of hydrogen-bond acceptors (Lipinski definition) is 3. The smallest absolute Gasteiger partial charge is 0.0702 e. The quantitative estimate of drug-likeness (QED) is 0.744. The highest BCUT2D eigenvalue weighted by Gasteiger charge is 2.36. The average Bonchev–Trinajstić information content (AvgIpc) is 2.77. The van der Waals surface area contributed by atoms with Crippen molar-refractivity contribution in [1.82, 2.24) is 4.90 Å². The number of nitrogens with zero attached hydrogens (tertiary/aromatic N) is 1. The predicted molar refractivity (Wildman–Crippen MR) is 72.7 cm³/mol. The standard InChI is InChI=1S/C13H24BrNO2/c1-11-12(3-6-17-11)15(2)10-13(9-14)4-7-16-8-5-13/h11-12H,3-10H2,1-2H3. The summed E-state index contributed by atoms with van der Waals surface area (Å²) in [4.78, 5) is 2.50. The van der Waals surface area contributed by atoms with Gasteiger partial charge in [0.1, 0.15) is 0 Å².